The van der Waals surface area contributed by atoms with Crippen molar-refractivity contribution in [3.8, 4) is 0 Å². The first-order valence-corrected chi connectivity index (χ1v) is 3.25. The number of hydrogen-bond acceptors (Lipinski definition) is 3. The molecule has 1 rings (SSSR count). The zero-order valence-corrected chi connectivity index (χ0v) is 5.87. The van der Waals surface area contributed by atoms with E-state index >= 15 is 0 Å². The molecule has 1 aliphatic heterocycles. The second-order valence-corrected chi connectivity index (χ2v) is 2.83. The molecule has 3 nitrogen and oxygen atoms in total. The predicted octanol–water partition coefficient (Wildman–Crippen LogP) is 0.703. The molecule has 0 bridgehead atoms. The normalized spacial score (nSPS) is 25.1. The van der Waals surface area contributed by atoms with Crippen LogP contribution in [-0.4, -0.2) is 31.1 Å². The van der Waals surface area contributed by atoms with Crippen LogP contribution in [0.5, 0.6) is 0 Å². The highest BCUT2D eigenvalue weighted by Gasteiger charge is 2.28. The molecule has 0 aromatic heterocycles. The van der Waals surface area contributed by atoms with Crippen LogP contribution < -0.4 is 0 Å². The van der Waals surface area contributed by atoms with Gasteiger partial charge in [0, 0.05) is 19.0 Å². The fourth-order valence-corrected chi connectivity index (χ4v) is 1.14. The number of hydrogen-bond donors (Lipinski definition) is 0. The molecular formula is C6H12N2O. The quantitative estimate of drug-likeness (QED) is 0.513. The predicted molar refractivity (Wildman–Crippen MR) is 36.2 cm³/mol. The summed E-state index contributed by atoms with van der Waals surface area (Å²) < 4.78 is 0. The van der Waals surface area contributed by atoms with E-state index in [2.05, 4.69) is 10.1 Å². The van der Waals surface area contributed by atoms with Gasteiger partial charge in [-0.2, -0.15) is 4.91 Å². The number of nitrogens with zero attached hydrogens (tertiary/aromatic N) is 2. The van der Waals surface area contributed by atoms with E-state index in [0.29, 0.717) is 5.92 Å². The van der Waals surface area contributed by atoms with Gasteiger partial charge in [-0.1, -0.05) is 5.18 Å². The SMILES string of the molecule is CC(N=O)C1CN(C)C1. The van der Waals surface area contributed by atoms with Crippen molar-refractivity contribution < 1.29 is 0 Å². The molecule has 9 heavy (non-hydrogen) atoms. The average molecular weight is 128 g/mol. The smallest absolute Gasteiger partial charge is 0.0944 e. The molecule has 1 saturated heterocycles. The molecule has 3 heteroatoms. The Morgan fingerprint density at radius 1 is 1.67 bits per heavy atom. The Morgan fingerprint density at radius 2 is 2.22 bits per heavy atom. The van der Waals surface area contributed by atoms with Gasteiger partial charge in [-0.15, -0.1) is 0 Å². The van der Waals surface area contributed by atoms with Gasteiger partial charge in [0.15, 0.2) is 0 Å². The standard InChI is InChI=1S/C6H12N2O/c1-5(7-9)6-3-8(2)4-6/h5-6H,3-4H2,1-2H3. The van der Waals surface area contributed by atoms with Crippen LogP contribution in [0.25, 0.3) is 0 Å². The number of nitroso groups, excluding NO2 is 1. The maximum absolute atomic E-state index is 9.98. The molecule has 0 amide bonds. The van der Waals surface area contributed by atoms with E-state index in [-0.39, 0.29) is 6.04 Å². The van der Waals surface area contributed by atoms with Gasteiger partial charge in [0.25, 0.3) is 0 Å². The molecule has 1 unspecified atom stereocenters. The first kappa shape index (κ1) is 6.68. The van der Waals surface area contributed by atoms with E-state index < -0.39 is 0 Å². The van der Waals surface area contributed by atoms with E-state index in [0.717, 1.165) is 13.1 Å². The van der Waals surface area contributed by atoms with Crippen LogP contribution in [0.4, 0.5) is 0 Å². The highest BCUT2D eigenvalue weighted by atomic mass is 16.3. The fraction of sp³-hybridized carbons (Fsp3) is 1.00. The molecule has 1 fully saturated rings. The Bertz CT molecular complexity index is 110. The molecular weight excluding hydrogens is 116 g/mol. The lowest BCUT2D eigenvalue weighted by molar-refractivity contribution is 0.117. The van der Waals surface area contributed by atoms with Gasteiger partial charge in [-0.25, -0.2) is 0 Å². The average Bonchev–Trinajstić information content (AvgIpc) is 1.79. The van der Waals surface area contributed by atoms with Crippen molar-refractivity contribution in [3.05, 3.63) is 4.91 Å². The lowest BCUT2D eigenvalue weighted by Gasteiger charge is -2.37. The summed E-state index contributed by atoms with van der Waals surface area (Å²) in [7, 11) is 2.05. The maximum Gasteiger partial charge on any atom is 0.0944 e. The first-order chi connectivity index (χ1) is 4.24. The lowest BCUT2D eigenvalue weighted by Crippen LogP contribution is -2.48. The second kappa shape index (κ2) is 2.43. The Balaban J connectivity index is 2.23. The summed E-state index contributed by atoms with van der Waals surface area (Å²) in [6, 6.07) is 0.0150. The van der Waals surface area contributed by atoms with E-state index in [1.165, 1.54) is 0 Å². The van der Waals surface area contributed by atoms with E-state index in [9.17, 15) is 4.91 Å². The van der Waals surface area contributed by atoms with E-state index in [1.807, 2.05) is 14.0 Å². The van der Waals surface area contributed by atoms with Gasteiger partial charge in [0.1, 0.15) is 0 Å². The summed E-state index contributed by atoms with van der Waals surface area (Å²) in [4.78, 5) is 12.2. The summed E-state index contributed by atoms with van der Waals surface area (Å²) in [6.45, 7) is 3.95. The molecule has 52 valence electrons. The third-order valence-corrected chi connectivity index (χ3v) is 1.94. The second-order valence-electron chi connectivity index (χ2n) is 2.83. The number of likely N-dealkylation sites (tertiary alicyclic amines) is 1. The van der Waals surface area contributed by atoms with Crippen molar-refractivity contribution in [1.29, 1.82) is 0 Å². The van der Waals surface area contributed by atoms with Crippen molar-refractivity contribution in [3.63, 3.8) is 0 Å². The highest BCUT2D eigenvalue weighted by molar-refractivity contribution is 4.84. The van der Waals surface area contributed by atoms with Gasteiger partial charge < -0.3 is 4.90 Å². The topological polar surface area (TPSA) is 32.7 Å². The molecule has 0 aliphatic carbocycles. The first-order valence-electron chi connectivity index (χ1n) is 3.25. The minimum absolute atomic E-state index is 0.0150. The fourth-order valence-electron chi connectivity index (χ4n) is 1.14. The zero-order valence-electron chi connectivity index (χ0n) is 5.87. The summed E-state index contributed by atoms with van der Waals surface area (Å²) >= 11 is 0. The summed E-state index contributed by atoms with van der Waals surface area (Å²) in [5, 5.41) is 2.97. The highest BCUT2D eigenvalue weighted by Crippen LogP contribution is 2.18. The Hall–Kier alpha value is -0.440. The molecule has 0 N–H and O–H groups in total. The van der Waals surface area contributed by atoms with E-state index in [1.54, 1.807) is 0 Å². The van der Waals surface area contributed by atoms with Gasteiger partial charge in [0.2, 0.25) is 0 Å². The molecule has 1 heterocycles. The minimum Gasteiger partial charge on any atom is -0.306 e. The van der Waals surface area contributed by atoms with Gasteiger partial charge >= 0.3 is 0 Å². The van der Waals surface area contributed by atoms with Crippen LogP contribution in [0.3, 0.4) is 0 Å². The van der Waals surface area contributed by atoms with Crippen LogP contribution in [0.15, 0.2) is 5.18 Å². The molecule has 0 radical (unpaired) electrons. The molecule has 0 saturated carbocycles. The molecule has 0 aromatic rings. The molecule has 0 spiro atoms. The summed E-state index contributed by atoms with van der Waals surface area (Å²) in [5.74, 6) is 0.521. The van der Waals surface area contributed by atoms with Gasteiger partial charge in [0.05, 0.1) is 6.04 Å². The van der Waals surface area contributed by atoms with Crippen molar-refractivity contribution in [1.82, 2.24) is 4.90 Å². The number of rotatable bonds is 2. The third-order valence-electron chi connectivity index (χ3n) is 1.94. The van der Waals surface area contributed by atoms with Crippen LogP contribution >= 0.6 is 0 Å². The third kappa shape index (κ3) is 1.27. The summed E-state index contributed by atoms with van der Waals surface area (Å²) in [5.41, 5.74) is 0. The molecule has 1 atom stereocenters. The lowest BCUT2D eigenvalue weighted by atomic mass is 9.94. The van der Waals surface area contributed by atoms with Crippen molar-refractivity contribution in [2.75, 3.05) is 20.1 Å². The van der Waals surface area contributed by atoms with Crippen LogP contribution in [0.1, 0.15) is 6.92 Å². The largest absolute Gasteiger partial charge is 0.306 e. The van der Waals surface area contributed by atoms with Crippen LogP contribution in [-0.2, 0) is 0 Å². The van der Waals surface area contributed by atoms with Crippen LogP contribution in [0.2, 0.25) is 0 Å². The Morgan fingerprint density at radius 3 is 2.56 bits per heavy atom. The maximum atomic E-state index is 9.98. The molecule has 1 aliphatic rings. The van der Waals surface area contributed by atoms with Gasteiger partial charge in [-0.05, 0) is 14.0 Å². The van der Waals surface area contributed by atoms with E-state index in [4.69, 9.17) is 0 Å². The zero-order chi connectivity index (χ0) is 6.85. The minimum atomic E-state index is 0.0150. The van der Waals surface area contributed by atoms with Crippen molar-refractivity contribution in [2.45, 2.75) is 13.0 Å². The Labute approximate surface area is 55.0 Å². The van der Waals surface area contributed by atoms with Crippen LogP contribution in [0, 0.1) is 10.8 Å². The monoisotopic (exact) mass is 128 g/mol. The van der Waals surface area contributed by atoms with Crippen molar-refractivity contribution >= 4 is 0 Å². The van der Waals surface area contributed by atoms with Crippen molar-refractivity contribution in [2.24, 2.45) is 11.1 Å². The summed E-state index contributed by atoms with van der Waals surface area (Å²) in [6.07, 6.45) is 0. The Kier molecular flexibility index (Phi) is 1.81. The van der Waals surface area contributed by atoms with Gasteiger partial charge in [-0.3, -0.25) is 0 Å². The molecule has 0 aromatic carbocycles.